The van der Waals surface area contributed by atoms with Crippen LogP contribution < -0.4 is 5.32 Å². The van der Waals surface area contributed by atoms with Gasteiger partial charge in [0.2, 0.25) is 0 Å². The normalized spacial score (nSPS) is 13.3. The monoisotopic (exact) mass is 443 g/mol. The molecule has 30 heavy (non-hydrogen) atoms. The van der Waals surface area contributed by atoms with Gasteiger partial charge in [0.05, 0.1) is 32.4 Å². The molecular weight excluding hydrogens is 413 g/mol. The molecule has 1 amide bonds. The van der Waals surface area contributed by atoms with Gasteiger partial charge in [-0.15, -0.1) is 0 Å². The molecule has 10 heteroatoms. The van der Waals surface area contributed by atoms with E-state index in [0.29, 0.717) is 5.56 Å². The van der Waals surface area contributed by atoms with Gasteiger partial charge in [-0.1, -0.05) is 19.1 Å². The zero-order valence-electron chi connectivity index (χ0n) is 17.8. The molecule has 0 bridgehead atoms. The SMILES string of the molecule is CCOC(=O)C[C@H](C)[C@H](NC(=O)c1ccc(CP(=O)(OCC)OCC)cc1)C(=O)O. The van der Waals surface area contributed by atoms with Crippen LogP contribution in [0.3, 0.4) is 0 Å². The van der Waals surface area contributed by atoms with E-state index in [2.05, 4.69) is 5.32 Å². The molecule has 0 radical (unpaired) electrons. The summed E-state index contributed by atoms with van der Waals surface area (Å²) in [5.74, 6) is -3.02. The van der Waals surface area contributed by atoms with Gasteiger partial charge in [0.1, 0.15) is 6.04 Å². The van der Waals surface area contributed by atoms with E-state index >= 15 is 0 Å². The molecule has 0 aliphatic carbocycles. The van der Waals surface area contributed by atoms with Crippen molar-refractivity contribution in [3.05, 3.63) is 35.4 Å². The number of aliphatic carboxylic acids is 1. The molecule has 0 aromatic heterocycles. The highest BCUT2D eigenvalue weighted by Gasteiger charge is 2.29. The van der Waals surface area contributed by atoms with Crippen molar-refractivity contribution >= 4 is 25.4 Å². The number of hydrogen-bond donors (Lipinski definition) is 2. The number of hydrogen-bond acceptors (Lipinski definition) is 7. The van der Waals surface area contributed by atoms with E-state index in [1.807, 2.05) is 0 Å². The Morgan fingerprint density at radius 3 is 2.07 bits per heavy atom. The third kappa shape index (κ3) is 8.26. The lowest BCUT2D eigenvalue weighted by Crippen LogP contribution is -2.45. The first kappa shape index (κ1) is 25.8. The maximum atomic E-state index is 12.6. The first-order valence-corrected chi connectivity index (χ1v) is 11.5. The van der Waals surface area contributed by atoms with E-state index in [-0.39, 0.29) is 38.0 Å². The molecule has 1 aromatic rings. The zero-order valence-corrected chi connectivity index (χ0v) is 18.6. The second-order valence-corrected chi connectivity index (χ2v) is 8.63. The van der Waals surface area contributed by atoms with Crippen LogP contribution in [0.5, 0.6) is 0 Å². The third-order valence-corrected chi connectivity index (χ3v) is 6.22. The minimum Gasteiger partial charge on any atom is -0.480 e. The van der Waals surface area contributed by atoms with Crippen LogP contribution in [0, 0.1) is 5.92 Å². The van der Waals surface area contributed by atoms with Crippen molar-refractivity contribution in [2.24, 2.45) is 5.92 Å². The van der Waals surface area contributed by atoms with Gasteiger partial charge in [-0.2, -0.15) is 0 Å². The lowest BCUT2D eigenvalue weighted by molar-refractivity contribution is -0.145. The first-order valence-electron chi connectivity index (χ1n) is 9.82. The van der Waals surface area contributed by atoms with Crippen molar-refractivity contribution in [3.63, 3.8) is 0 Å². The molecule has 0 aliphatic heterocycles. The highest BCUT2D eigenvalue weighted by atomic mass is 31.2. The van der Waals surface area contributed by atoms with E-state index in [9.17, 15) is 24.1 Å². The average molecular weight is 443 g/mol. The number of amides is 1. The minimum absolute atomic E-state index is 0.0604. The Bertz CT molecular complexity index is 755. The molecule has 9 nitrogen and oxygen atoms in total. The van der Waals surface area contributed by atoms with Crippen LogP contribution in [-0.4, -0.2) is 48.8 Å². The topological polar surface area (TPSA) is 128 Å². The van der Waals surface area contributed by atoms with Crippen LogP contribution in [0.4, 0.5) is 0 Å². The molecule has 0 spiro atoms. The van der Waals surface area contributed by atoms with E-state index in [1.54, 1.807) is 39.8 Å². The lowest BCUT2D eigenvalue weighted by atomic mass is 9.98. The summed E-state index contributed by atoms with van der Waals surface area (Å²) in [4.78, 5) is 35.6. The van der Waals surface area contributed by atoms with Gasteiger partial charge in [-0.25, -0.2) is 4.79 Å². The van der Waals surface area contributed by atoms with Gasteiger partial charge < -0.3 is 24.2 Å². The van der Waals surface area contributed by atoms with Crippen molar-refractivity contribution in [3.8, 4) is 0 Å². The zero-order chi connectivity index (χ0) is 22.7. The fourth-order valence-corrected chi connectivity index (χ4v) is 4.48. The summed E-state index contributed by atoms with van der Waals surface area (Å²) in [6.45, 7) is 7.35. The molecule has 2 N–H and O–H groups in total. The molecule has 0 unspecified atom stereocenters. The lowest BCUT2D eigenvalue weighted by Gasteiger charge is -2.21. The molecule has 1 aromatic carbocycles. The van der Waals surface area contributed by atoms with Crippen molar-refractivity contribution in [2.75, 3.05) is 19.8 Å². The summed E-state index contributed by atoms with van der Waals surface area (Å²) in [7, 11) is -3.27. The molecule has 168 valence electrons. The molecule has 1 rings (SSSR count). The second-order valence-electron chi connectivity index (χ2n) is 6.58. The van der Waals surface area contributed by atoms with Crippen molar-refractivity contribution in [1.82, 2.24) is 5.32 Å². The number of nitrogens with one attached hydrogen (secondary N) is 1. The van der Waals surface area contributed by atoms with Crippen LogP contribution in [0.15, 0.2) is 24.3 Å². The van der Waals surface area contributed by atoms with Gasteiger partial charge in [0.15, 0.2) is 0 Å². The fourth-order valence-electron chi connectivity index (χ4n) is 2.78. The summed E-state index contributed by atoms with van der Waals surface area (Å²) in [6, 6.07) is 4.97. The predicted octanol–water partition coefficient (Wildman–Crippen LogP) is 3.23. The number of carbonyl (C=O) groups is 3. The number of rotatable bonds is 13. The molecule has 0 saturated carbocycles. The van der Waals surface area contributed by atoms with Gasteiger partial charge >= 0.3 is 19.5 Å². The number of benzene rings is 1. The molecular formula is C20H30NO8P. The summed E-state index contributed by atoms with van der Waals surface area (Å²) >= 11 is 0. The quantitative estimate of drug-likeness (QED) is 0.351. The van der Waals surface area contributed by atoms with Crippen LogP contribution in [-0.2, 0) is 34.1 Å². The van der Waals surface area contributed by atoms with Crippen LogP contribution in [0.1, 0.15) is 50.0 Å². The molecule has 0 fully saturated rings. The first-order chi connectivity index (χ1) is 14.2. The van der Waals surface area contributed by atoms with Crippen LogP contribution in [0.2, 0.25) is 0 Å². The Kier molecular flexibility index (Phi) is 10.7. The Hall–Kier alpha value is -2.22. The Morgan fingerprint density at radius 2 is 1.60 bits per heavy atom. The molecule has 0 aliphatic rings. The number of carbonyl (C=O) groups excluding carboxylic acids is 2. The Balaban J connectivity index is 2.83. The van der Waals surface area contributed by atoms with Gasteiger partial charge in [-0.3, -0.25) is 14.2 Å². The molecule has 0 heterocycles. The van der Waals surface area contributed by atoms with Gasteiger partial charge in [0.25, 0.3) is 5.91 Å². The summed E-state index contributed by atoms with van der Waals surface area (Å²) in [6.07, 6.45) is -0.0704. The van der Waals surface area contributed by atoms with E-state index in [4.69, 9.17) is 13.8 Å². The summed E-state index contributed by atoms with van der Waals surface area (Å²) < 4.78 is 28.0. The van der Waals surface area contributed by atoms with Crippen molar-refractivity contribution in [2.45, 2.75) is 46.3 Å². The van der Waals surface area contributed by atoms with Crippen LogP contribution >= 0.6 is 7.60 Å². The fraction of sp³-hybridized carbons (Fsp3) is 0.550. The number of carboxylic acids is 1. The minimum atomic E-state index is -3.27. The van der Waals surface area contributed by atoms with Crippen molar-refractivity contribution in [1.29, 1.82) is 0 Å². The number of ether oxygens (including phenoxy) is 1. The van der Waals surface area contributed by atoms with Gasteiger partial charge in [-0.05, 0) is 44.4 Å². The number of carboxylic acid groups (broad SMARTS) is 1. The third-order valence-electron chi connectivity index (χ3n) is 4.16. The highest BCUT2D eigenvalue weighted by molar-refractivity contribution is 7.53. The highest BCUT2D eigenvalue weighted by Crippen LogP contribution is 2.51. The van der Waals surface area contributed by atoms with Crippen molar-refractivity contribution < 1.29 is 37.8 Å². The summed E-state index contributed by atoms with van der Waals surface area (Å²) in [5, 5.41) is 11.9. The van der Waals surface area contributed by atoms with E-state index < -0.39 is 37.4 Å². The Morgan fingerprint density at radius 1 is 1.03 bits per heavy atom. The Labute approximate surface area is 176 Å². The average Bonchev–Trinajstić information content (AvgIpc) is 2.66. The molecule has 0 saturated heterocycles. The predicted molar refractivity (Wildman–Crippen MR) is 110 cm³/mol. The van der Waals surface area contributed by atoms with Gasteiger partial charge in [0, 0.05) is 5.56 Å². The maximum absolute atomic E-state index is 12.6. The maximum Gasteiger partial charge on any atom is 0.335 e. The van der Waals surface area contributed by atoms with E-state index in [0.717, 1.165) is 0 Å². The standard InChI is InChI=1S/C20H30NO8P/c1-5-27-17(22)12-14(4)18(20(24)25)21-19(23)16-10-8-15(9-11-16)13-30(26,28-6-2)29-7-3/h8-11,14,18H,5-7,12-13H2,1-4H3,(H,21,23)(H,24,25)/t14-,18-/m0/s1. The smallest absolute Gasteiger partial charge is 0.335 e. The summed E-state index contributed by atoms with van der Waals surface area (Å²) in [5.41, 5.74) is 0.887. The largest absolute Gasteiger partial charge is 0.480 e. The second kappa shape index (κ2) is 12.5. The van der Waals surface area contributed by atoms with Crippen LogP contribution in [0.25, 0.3) is 0 Å². The number of esters is 1. The molecule has 2 atom stereocenters. The van der Waals surface area contributed by atoms with E-state index in [1.165, 1.54) is 12.1 Å².